The van der Waals surface area contributed by atoms with E-state index in [-0.39, 0.29) is 18.6 Å². The van der Waals surface area contributed by atoms with Gasteiger partial charge >= 0.3 is 5.97 Å². The van der Waals surface area contributed by atoms with E-state index in [1.165, 1.54) is 0 Å². The lowest BCUT2D eigenvalue weighted by Gasteiger charge is -2.44. The van der Waals surface area contributed by atoms with E-state index in [1.54, 1.807) is 7.11 Å². The first kappa shape index (κ1) is 14.1. The van der Waals surface area contributed by atoms with Crippen molar-refractivity contribution in [3.63, 3.8) is 0 Å². The third-order valence-electron chi connectivity index (χ3n) is 3.09. The molecule has 1 fully saturated rings. The zero-order valence-corrected chi connectivity index (χ0v) is 10.3. The van der Waals surface area contributed by atoms with Gasteiger partial charge < -0.3 is 19.4 Å². The summed E-state index contributed by atoms with van der Waals surface area (Å²) in [5.74, 6) is -0.831. The van der Waals surface area contributed by atoms with Gasteiger partial charge in [-0.25, -0.2) is 0 Å². The van der Waals surface area contributed by atoms with Crippen LogP contribution < -0.4 is 0 Å². The Morgan fingerprint density at radius 2 is 2.29 bits per heavy atom. The average Bonchev–Trinajstić information content (AvgIpc) is 2.24. The molecule has 0 radical (unpaired) electrons. The van der Waals surface area contributed by atoms with E-state index in [4.69, 9.17) is 9.84 Å². The average molecular weight is 242 g/mol. The Hall–Kier alpha value is -0.915. The Labute approximate surface area is 102 Å². The van der Waals surface area contributed by atoms with Crippen LogP contribution in [0.2, 0.25) is 0 Å². The molecule has 0 amide bonds. The molecule has 0 aromatic rings. The van der Waals surface area contributed by atoms with Crippen molar-refractivity contribution in [2.45, 2.75) is 19.0 Å². The summed E-state index contributed by atoms with van der Waals surface area (Å²) in [6, 6.07) is 0.222. The molecule has 1 saturated heterocycles. The molecule has 6 nitrogen and oxygen atoms in total. The minimum absolute atomic E-state index is 0.0211. The molecule has 17 heavy (non-hydrogen) atoms. The number of nitrogens with zero attached hydrogens (tertiary/aromatic N) is 2. The molecule has 1 aliphatic rings. The summed E-state index contributed by atoms with van der Waals surface area (Å²) in [5, 5.41) is 8.85. The summed E-state index contributed by atoms with van der Waals surface area (Å²) in [5.41, 5.74) is 0. The highest BCUT2D eigenvalue weighted by molar-refractivity contribution is 6.64. The molecular formula is C10H19BN2O4. The quantitative estimate of drug-likeness (QED) is 0.458. The SMILES string of the molecule is COC[C@H]1CN(BC=O)[C@H](C)CN1CC(=O)O. The fourth-order valence-electron chi connectivity index (χ4n) is 2.24. The van der Waals surface area contributed by atoms with Crippen LogP contribution >= 0.6 is 0 Å². The summed E-state index contributed by atoms with van der Waals surface area (Å²) in [4.78, 5) is 25.3. The molecule has 0 unspecified atom stereocenters. The zero-order valence-electron chi connectivity index (χ0n) is 10.3. The second-order valence-electron chi connectivity index (χ2n) is 4.40. The molecule has 1 aliphatic heterocycles. The fraction of sp³-hybridized carbons (Fsp3) is 0.800. The third kappa shape index (κ3) is 4.10. The van der Waals surface area contributed by atoms with E-state index >= 15 is 0 Å². The molecule has 0 aromatic heterocycles. The Morgan fingerprint density at radius 1 is 1.59 bits per heavy atom. The molecule has 0 spiro atoms. The van der Waals surface area contributed by atoms with Gasteiger partial charge in [-0.05, 0) is 6.92 Å². The number of piperazine rings is 1. The van der Waals surface area contributed by atoms with E-state index in [9.17, 15) is 9.59 Å². The van der Waals surface area contributed by atoms with Crippen molar-refractivity contribution < 1.29 is 19.4 Å². The van der Waals surface area contributed by atoms with E-state index in [2.05, 4.69) is 4.81 Å². The van der Waals surface area contributed by atoms with Crippen LogP contribution in [0.4, 0.5) is 0 Å². The molecule has 0 saturated carbocycles. The number of carbonyl (C=O) groups excluding carboxylic acids is 1. The van der Waals surface area contributed by atoms with Crippen LogP contribution in [-0.4, -0.2) is 79.8 Å². The normalized spacial score (nSPS) is 26.7. The van der Waals surface area contributed by atoms with Crippen LogP contribution in [0.25, 0.3) is 0 Å². The monoisotopic (exact) mass is 242 g/mol. The van der Waals surface area contributed by atoms with Gasteiger partial charge in [-0.1, -0.05) is 0 Å². The Bertz CT molecular complexity index is 277. The molecule has 0 aromatic carbocycles. The minimum Gasteiger partial charge on any atom is -0.480 e. The van der Waals surface area contributed by atoms with Gasteiger partial charge in [0.1, 0.15) is 0 Å². The van der Waals surface area contributed by atoms with Crippen LogP contribution in [0.1, 0.15) is 6.92 Å². The Morgan fingerprint density at radius 3 is 2.82 bits per heavy atom. The standard InChI is InChI=1S/C10H19BN2O4/c1-8-3-12(5-10(15)16)9(6-17-2)4-13(8)11-7-14/h7-9,11H,3-6H2,1-2H3,(H,15,16)/t8-,9-/m1/s1. The van der Waals surface area contributed by atoms with Gasteiger partial charge in [0.25, 0.3) is 7.41 Å². The second-order valence-corrected chi connectivity index (χ2v) is 4.40. The number of carboxylic acid groups (broad SMARTS) is 1. The number of hydrogen-bond acceptors (Lipinski definition) is 5. The van der Waals surface area contributed by atoms with Crippen LogP contribution in [0.5, 0.6) is 0 Å². The van der Waals surface area contributed by atoms with Crippen molar-refractivity contribution in [3.8, 4) is 0 Å². The van der Waals surface area contributed by atoms with Crippen molar-refractivity contribution >= 4 is 19.6 Å². The lowest BCUT2D eigenvalue weighted by molar-refractivity contribution is -0.140. The highest BCUT2D eigenvalue weighted by atomic mass is 16.5. The molecular weight excluding hydrogens is 223 g/mol. The third-order valence-corrected chi connectivity index (χ3v) is 3.09. The molecule has 0 bridgehead atoms. The van der Waals surface area contributed by atoms with Crippen LogP contribution in [0, 0.1) is 0 Å². The van der Waals surface area contributed by atoms with Gasteiger partial charge in [0.05, 0.1) is 19.3 Å². The van der Waals surface area contributed by atoms with Crippen molar-refractivity contribution in [3.05, 3.63) is 0 Å². The summed E-state index contributed by atoms with van der Waals surface area (Å²) < 4.78 is 5.11. The smallest absolute Gasteiger partial charge is 0.317 e. The number of methoxy groups -OCH3 is 1. The number of carbonyl (C=O) groups is 2. The zero-order chi connectivity index (χ0) is 12.8. The summed E-state index contributed by atoms with van der Waals surface area (Å²) in [7, 11) is 1.99. The maximum atomic E-state index is 10.8. The largest absolute Gasteiger partial charge is 0.480 e. The van der Waals surface area contributed by atoms with Crippen molar-refractivity contribution in [1.82, 2.24) is 9.71 Å². The fourth-order valence-corrected chi connectivity index (χ4v) is 2.24. The van der Waals surface area contributed by atoms with E-state index < -0.39 is 5.97 Å². The first-order chi connectivity index (χ1) is 8.08. The maximum Gasteiger partial charge on any atom is 0.317 e. The molecule has 96 valence electrons. The highest BCUT2D eigenvalue weighted by Gasteiger charge is 2.32. The molecule has 7 heteroatoms. The second kappa shape index (κ2) is 6.73. The predicted molar refractivity (Wildman–Crippen MR) is 64.9 cm³/mol. The lowest BCUT2D eigenvalue weighted by Crippen LogP contribution is -2.60. The van der Waals surface area contributed by atoms with E-state index in [0.717, 1.165) is 6.19 Å². The molecule has 1 N–H and O–H groups in total. The minimum atomic E-state index is -0.831. The molecule has 2 atom stereocenters. The number of hydrogen-bond donors (Lipinski definition) is 1. The number of ether oxygens (including phenoxy) is 1. The topological polar surface area (TPSA) is 70.1 Å². The summed E-state index contributed by atoms with van der Waals surface area (Å²) in [6.45, 7) is 3.82. The first-order valence-electron chi connectivity index (χ1n) is 5.71. The Kier molecular flexibility index (Phi) is 5.60. The van der Waals surface area contributed by atoms with Crippen molar-refractivity contribution in [2.24, 2.45) is 0 Å². The van der Waals surface area contributed by atoms with Gasteiger partial charge in [0.2, 0.25) is 0 Å². The van der Waals surface area contributed by atoms with E-state index in [0.29, 0.717) is 27.1 Å². The Balaban J connectivity index is 2.64. The van der Waals surface area contributed by atoms with Crippen LogP contribution in [0.3, 0.4) is 0 Å². The van der Waals surface area contributed by atoms with Crippen LogP contribution in [-0.2, 0) is 14.3 Å². The van der Waals surface area contributed by atoms with Gasteiger partial charge in [-0.2, -0.15) is 0 Å². The highest BCUT2D eigenvalue weighted by Crippen LogP contribution is 2.14. The number of carboxylic acids is 1. The van der Waals surface area contributed by atoms with Crippen molar-refractivity contribution in [2.75, 3.05) is 33.4 Å². The van der Waals surface area contributed by atoms with Gasteiger partial charge in [0.15, 0.2) is 0 Å². The summed E-state index contributed by atoms with van der Waals surface area (Å²) >= 11 is 0. The lowest BCUT2D eigenvalue weighted by atomic mass is 9.89. The summed E-state index contributed by atoms with van der Waals surface area (Å²) in [6.07, 6.45) is 0.882. The predicted octanol–water partition coefficient (Wildman–Crippen LogP) is -1.37. The van der Waals surface area contributed by atoms with Gasteiger partial charge in [0, 0.05) is 32.3 Å². The molecule has 0 aliphatic carbocycles. The molecule has 1 rings (SSSR count). The molecule has 1 heterocycles. The van der Waals surface area contributed by atoms with E-state index in [1.807, 2.05) is 11.8 Å². The van der Waals surface area contributed by atoms with Gasteiger partial charge in [-0.3, -0.25) is 9.69 Å². The van der Waals surface area contributed by atoms with Gasteiger partial charge in [-0.15, -0.1) is 0 Å². The maximum absolute atomic E-state index is 10.8. The number of aliphatic carboxylic acids is 1. The van der Waals surface area contributed by atoms with Crippen molar-refractivity contribution in [1.29, 1.82) is 0 Å². The first-order valence-corrected chi connectivity index (χ1v) is 5.71. The number of rotatable bonds is 6. The van der Waals surface area contributed by atoms with Crippen LogP contribution in [0.15, 0.2) is 0 Å².